The fourth-order valence-electron chi connectivity index (χ4n) is 3.02. The van der Waals surface area contributed by atoms with E-state index in [4.69, 9.17) is 5.73 Å². The minimum absolute atomic E-state index is 0.335. The molecule has 0 radical (unpaired) electrons. The monoisotopic (exact) mass is 300 g/mol. The van der Waals surface area contributed by atoms with E-state index >= 15 is 0 Å². The Labute approximate surface area is 131 Å². The van der Waals surface area contributed by atoms with Gasteiger partial charge in [0, 0.05) is 24.0 Å². The van der Waals surface area contributed by atoms with Crippen LogP contribution >= 0.6 is 11.3 Å². The van der Waals surface area contributed by atoms with E-state index in [9.17, 15) is 0 Å². The van der Waals surface area contributed by atoms with Crippen molar-refractivity contribution in [1.29, 1.82) is 0 Å². The Bertz CT molecular complexity index is 560. The highest BCUT2D eigenvalue weighted by molar-refractivity contribution is 7.09. The van der Waals surface area contributed by atoms with Gasteiger partial charge in [-0.3, -0.25) is 4.90 Å². The Kier molecular flexibility index (Phi) is 4.73. The quantitative estimate of drug-likeness (QED) is 0.842. The summed E-state index contributed by atoms with van der Waals surface area (Å²) in [6.45, 7) is 1.74. The van der Waals surface area contributed by atoms with Gasteiger partial charge in [0.2, 0.25) is 0 Å². The molecule has 0 aliphatic heterocycles. The molecule has 1 unspecified atom stereocenters. The maximum absolute atomic E-state index is 6.11. The second-order valence-corrected chi connectivity index (χ2v) is 7.00. The van der Waals surface area contributed by atoms with E-state index < -0.39 is 0 Å². The van der Waals surface area contributed by atoms with Gasteiger partial charge in [0.05, 0.1) is 0 Å². The van der Waals surface area contributed by atoms with E-state index in [1.54, 1.807) is 0 Å². The van der Waals surface area contributed by atoms with Crippen molar-refractivity contribution in [1.82, 2.24) is 4.90 Å². The lowest BCUT2D eigenvalue weighted by Gasteiger charge is -2.29. The van der Waals surface area contributed by atoms with E-state index in [1.165, 1.54) is 28.8 Å². The minimum Gasteiger partial charge on any atom is -0.329 e. The standard InChI is InChI=1S/C18H24N2S/c1-20(11-10-15-5-4-12-21-15)18(13-19)17-7-3-2-6-16(17)14-8-9-14/h2-7,12,14,18H,8-11,13,19H2,1H3. The van der Waals surface area contributed by atoms with Crippen LogP contribution in [0.3, 0.4) is 0 Å². The zero-order valence-corrected chi connectivity index (χ0v) is 13.5. The summed E-state index contributed by atoms with van der Waals surface area (Å²) >= 11 is 1.84. The molecule has 0 saturated heterocycles. The van der Waals surface area contributed by atoms with Gasteiger partial charge >= 0.3 is 0 Å². The molecular weight excluding hydrogens is 276 g/mol. The van der Waals surface area contributed by atoms with Gasteiger partial charge in [0.15, 0.2) is 0 Å². The van der Waals surface area contributed by atoms with Crippen molar-refractivity contribution in [2.75, 3.05) is 20.1 Å². The smallest absolute Gasteiger partial charge is 0.0470 e. The molecule has 1 fully saturated rings. The zero-order chi connectivity index (χ0) is 14.7. The molecule has 2 nitrogen and oxygen atoms in total. The Morgan fingerprint density at radius 2 is 2.05 bits per heavy atom. The molecule has 1 saturated carbocycles. The fraction of sp³-hybridized carbons (Fsp3) is 0.444. The molecule has 0 bridgehead atoms. The van der Waals surface area contributed by atoms with Crippen molar-refractivity contribution >= 4 is 11.3 Å². The average Bonchev–Trinajstić information content (AvgIpc) is 3.22. The van der Waals surface area contributed by atoms with Crippen LogP contribution in [0.25, 0.3) is 0 Å². The summed E-state index contributed by atoms with van der Waals surface area (Å²) in [5.41, 5.74) is 9.07. The van der Waals surface area contributed by atoms with Crippen molar-refractivity contribution in [3.8, 4) is 0 Å². The van der Waals surface area contributed by atoms with Crippen molar-refractivity contribution in [3.63, 3.8) is 0 Å². The summed E-state index contributed by atoms with van der Waals surface area (Å²) in [7, 11) is 2.20. The van der Waals surface area contributed by atoms with E-state index in [-0.39, 0.29) is 0 Å². The molecular formula is C18H24N2S. The highest BCUT2D eigenvalue weighted by Gasteiger charge is 2.28. The Morgan fingerprint density at radius 1 is 1.24 bits per heavy atom. The number of rotatable bonds is 7. The van der Waals surface area contributed by atoms with Gasteiger partial charge in [-0.15, -0.1) is 11.3 Å². The van der Waals surface area contributed by atoms with Gasteiger partial charge in [-0.25, -0.2) is 0 Å². The summed E-state index contributed by atoms with van der Waals surface area (Å²) in [6.07, 6.45) is 3.79. The van der Waals surface area contributed by atoms with Crippen LogP contribution in [0.2, 0.25) is 0 Å². The zero-order valence-electron chi connectivity index (χ0n) is 12.7. The van der Waals surface area contributed by atoms with Crippen molar-refractivity contribution < 1.29 is 0 Å². The first-order chi connectivity index (χ1) is 10.3. The van der Waals surface area contributed by atoms with Crippen LogP contribution in [0.15, 0.2) is 41.8 Å². The molecule has 1 aromatic carbocycles. The van der Waals surface area contributed by atoms with Gasteiger partial charge in [-0.05, 0) is 54.8 Å². The molecule has 1 heterocycles. The minimum atomic E-state index is 0.335. The van der Waals surface area contributed by atoms with Crippen LogP contribution in [0.5, 0.6) is 0 Å². The molecule has 3 heteroatoms. The maximum atomic E-state index is 6.11. The maximum Gasteiger partial charge on any atom is 0.0470 e. The predicted octanol–water partition coefficient (Wildman–Crippen LogP) is 3.80. The lowest BCUT2D eigenvalue weighted by molar-refractivity contribution is 0.252. The highest BCUT2D eigenvalue weighted by Crippen LogP contribution is 2.43. The van der Waals surface area contributed by atoms with Gasteiger partial charge in [-0.2, -0.15) is 0 Å². The van der Waals surface area contributed by atoms with Crippen LogP contribution in [-0.2, 0) is 6.42 Å². The summed E-state index contributed by atoms with van der Waals surface area (Å²) in [6, 6.07) is 13.6. The number of benzene rings is 1. The van der Waals surface area contributed by atoms with Crippen molar-refractivity contribution in [2.24, 2.45) is 5.73 Å². The number of hydrogen-bond donors (Lipinski definition) is 1. The number of nitrogens with zero attached hydrogens (tertiary/aromatic N) is 1. The van der Waals surface area contributed by atoms with E-state index in [1.807, 2.05) is 11.3 Å². The number of thiophene rings is 1. The first-order valence-corrected chi connectivity index (χ1v) is 8.69. The molecule has 1 aromatic heterocycles. The van der Waals surface area contributed by atoms with Gasteiger partial charge < -0.3 is 5.73 Å². The average molecular weight is 300 g/mol. The molecule has 21 heavy (non-hydrogen) atoms. The summed E-state index contributed by atoms with van der Waals surface area (Å²) < 4.78 is 0. The van der Waals surface area contributed by atoms with Crippen LogP contribution in [-0.4, -0.2) is 25.0 Å². The Morgan fingerprint density at radius 3 is 2.71 bits per heavy atom. The molecule has 3 rings (SSSR count). The van der Waals surface area contributed by atoms with Crippen LogP contribution < -0.4 is 5.73 Å². The second-order valence-electron chi connectivity index (χ2n) is 5.96. The SMILES string of the molecule is CN(CCc1cccs1)C(CN)c1ccccc1C1CC1. The fourth-order valence-corrected chi connectivity index (χ4v) is 3.72. The van der Waals surface area contributed by atoms with E-state index in [0.29, 0.717) is 12.6 Å². The lowest BCUT2D eigenvalue weighted by Crippen LogP contribution is -2.32. The van der Waals surface area contributed by atoms with Crippen LogP contribution in [0.4, 0.5) is 0 Å². The van der Waals surface area contributed by atoms with Gasteiger partial charge in [0.25, 0.3) is 0 Å². The van der Waals surface area contributed by atoms with Crippen molar-refractivity contribution in [2.45, 2.75) is 31.2 Å². The molecule has 1 atom stereocenters. The first-order valence-electron chi connectivity index (χ1n) is 7.81. The topological polar surface area (TPSA) is 29.3 Å². The molecule has 2 aromatic rings. The van der Waals surface area contributed by atoms with E-state index in [0.717, 1.165) is 18.9 Å². The Hall–Kier alpha value is -1.16. The Balaban J connectivity index is 1.71. The molecule has 1 aliphatic rings. The van der Waals surface area contributed by atoms with Gasteiger partial charge in [0.1, 0.15) is 0 Å². The first kappa shape index (κ1) is 14.8. The predicted molar refractivity (Wildman–Crippen MR) is 90.9 cm³/mol. The summed E-state index contributed by atoms with van der Waals surface area (Å²) in [5, 5.41) is 2.15. The number of likely N-dealkylation sites (N-methyl/N-ethyl adjacent to an activating group) is 1. The number of nitrogens with two attached hydrogens (primary N) is 1. The molecule has 2 N–H and O–H groups in total. The van der Waals surface area contributed by atoms with Gasteiger partial charge in [-0.1, -0.05) is 30.3 Å². The van der Waals surface area contributed by atoms with Crippen molar-refractivity contribution in [3.05, 3.63) is 57.8 Å². The summed E-state index contributed by atoms with van der Waals surface area (Å²) in [4.78, 5) is 3.87. The molecule has 0 amide bonds. The number of hydrogen-bond acceptors (Lipinski definition) is 3. The van der Waals surface area contributed by atoms with Crippen LogP contribution in [0.1, 0.15) is 40.8 Å². The highest BCUT2D eigenvalue weighted by atomic mass is 32.1. The summed E-state index contributed by atoms with van der Waals surface area (Å²) in [5.74, 6) is 0.779. The molecule has 112 valence electrons. The van der Waals surface area contributed by atoms with E-state index in [2.05, 4.69) is 53.7 Å². The third-order valence-electron chi connectivity index (χ3n) is 4.42. The molecule has 0 spiro atoms. The van der Waals surface area contributed by atoms with Crippen LogP contribution in [0, 0.1) is 0 Å². The molecule has 1 aliphatic carbocycles. The largest absolute Gasteiger partial charge is 0.329 e. The normalized spacial score (nSPS) is 16.3. The third kappa shape index (κ3) is 3.54. The third-order valence-corrected chi connectivity index (χ3v) is 5.35. The second kappa shape index (κ2) is 6.73. The lowest BCUT2D eigenvalue weighted by atomic mass is 9.96.